The number of amides is 2. The van der Waals surface area contributed by atoms with E-state index in [4.69, 9.17) is 21.1 Å². The number of sulfonamides is 1. The van der Waals surface area contributed by atoms with Gasteiger partial charge in [0.25, 0.3) is 15.9 Å². The first kappa shape index (κ1) is 34.8. The van der Waals surface area contributed by atoms with Crippen LogP contribution in [0.1, 0.15) is 17.2 Å². The molecular weight excluding hydrogens is 659 g/mol. The number of morpholine rings is 1. The quantitative estimate of drug-likeness (QED) is 0.193. The number of anilines is 1. The summed E-state index contributed by atoms with van der Waals surface area (Å²) in [7, 11) is -3.96. The molecule has 4 aromatic carbocycles. The highest BCUT2D eigenvalue weighted by atomic mass is 35.5. The van der Waals surface area contributed by atoms with Crippen LogP contribution in [0.5, 0.6) is 5.75 Å². The molecule has 1 aliphatic rings. The van der Waals surface area contributed by atoms with Gasteiger partial charge in [-0.25, -0.2) is 12.8 Å². The highest BCUT2D eigenvalue weighted by Gasteiger charge is 2.32. The zero-order valence-electron chi connectivity index (χ0n) is 26.1. The first-order valence-corrected chi connectivity index (χ1v) is 17.2. The molecule has 0 aromatic heterocycles. The SMILES string of the molecule is O=C(NCCN1CCOCC1)[C@@H](c1ccccc1)N(Cc1ccc(Cl)cc1)C(=O)COc1ccc(S(=O)(=O)Nc2ccc(F)cc2)cc1. The second kappa shape index (κ2) is 16.6. The van der Waals surface area contributed by atoms with Crippen LogP contribution in [0.25, 0.3) is 0 Å². The molecule has 1 heterocycles. The van der Waals surface area contributed by atoms with Crippen molar-refractivity contribution in [2.75, 3.05) is 50.7 Å². The summed E-state index contributed by atoms with van der Waals surface area (Å²) in [6, 6.07) is 25.6. The Hall–Kier alpha value is -4.49. The standard InChI is InChI=1S/C35H36ClFN4O6S/c36-28-8-6-26(7-9-28)24-41(34(27-4-2-1-3-5-27)35(43)38-18-19-40-20-22-46-23-21-40)33(42)25-47-31-14-16-32(17-15-31)48(44,45)39-30-12-10-29(37)11-13-30/h1-17,34,39H,18-25H2,(H,38,43)/t34-/m1/s1. The first-order valence-electron chi connectivity index (χ1n) is 15.4. The fourth-order valence-electron chi connectivity index (χ4n) is 5.15. The van der Waals surface area contributed by atoms with Crippen molar-refractivity contribution >= 4 is 39.1 Å². The van der Waals surface area contributed by atoms with Crippen LogP contribution in [0.3, 0.4) is 0 Å². The highest BCUT2D eigenvalue weighted by molar-refractivity contribution is 7.92. The van der Waals surface area contributed by atoms with E-state index < -0.39 is 34.4 Å². The zero-order chi connectivity index (χ0) is 33.9. The van der Waals surface area contributed by atoms with Gasteiger partial charge in [-0.15, -0.1) is 0 Å². The van der Waals surface area contributed by atoms with Crippen LogP contribution in [0.2, 0.25) is 5.02 Å². The number of halogens is 2. The largest absolute Gasteiger partial charge is 0.484 e. The third-order valence-corrected chi connectivity index (χ3v) is 9.33. The predicted octanol–water partition coefficient (Wildman–Crippen LogP) is 4.88. The third kappa shape index (κ3) is 9.77. The number of rotatable bonds is 14. The van der Waals surface area contributed by atoms with Crippen molar-refractivity contribution in [1.82, 2.24) is 15.1 Å². The van der Waals surface area contributed by atoms with Crippen molar-refractivity contribution in [3.8, 4) is 5.75 Å². The lowest BCUT2D eigenvalue weighted by Crippen LogP contribution is -2.47. The van der Waals surface area contributed by atoms with Crippen LogP contribution < -0.4 is 14.8 Å². The molecule has 0 saturated carbocycles. The predicted molar refractivity (Wildman–Crippen MR) is 181 cm³/mol. The van der Waals surface area contributed by atoms with Crippen LogP contribution in [-0.4, -0.2) is 76.0 Å². The van der Waals surface area contributed by atoms with Gasteiger partial charge in [-0.1, -0.05) is 54.1 Å². The highest BCUT2D eigenvalue weighted by Crippen LogP contribution is 2.26. The van der Waals surface area contributed by atoms with E-state index in [9.17, 15) is 22.4 Å². The minimum atomic E-state index is -3.96. The molecule has 0 radical (unpaired) electrons. The molecule has 2 N–H and O–H groups in total. The maximum Gasteiger partial charge on any atom is 0.261 e. The molecule has 0 spiro atoms. The van der Waals surface area contributed by atoms with Crippen molar-refractivity contribution in [3.63, 3.8) is 0 Å². The van der Waals surface area contributed by atoms with E-state index in [0.717, 1.165) is 30.8 Å². The number of carbonyl (C=O) groups is 2. The normalized spacial score (nSPS) is 14.1. The van der Waals surface area contributed by atoms with E-state index in [-0.39, 0.29) is 28.8 Å². The smallest absolute Gasteiger partial charge is 0.261 e. The van der Waals surface area contributed by atoms with Crippen molar-refractivity contribution in [1.29, 1.82) is 0 Å². The van der Waals surface area contributed by atoms with Gasteiger partial charge in [-0.05, 0) is 71.8 Å². The van der Waals surface area contributed by atoms with E-state index in [0.29, 0.717) is 36.9 Å². The van der Waals surface area contributed by atoms with Crippen LogP contribution >= 0.6 is 11.6 Å². The van der Waals surface area contributed by atoms with Crippen molar-refractivity contribution < 1.29 is 31.9 Å². The summed E-state index contributed by atoms with van der Waals surface area (Å²) in [6.07, 6.45) is 0. The van der Waals surface area contributed by atoms with Gasteiger partial charge >= 0.3 is 0 Å². The molecule has 48 heavy (non-hydrogen) atoms. The number of carbonyl (C=O) groups excluding carboxylic acids is 2. The van der Waals surface area contributed by atoms with Gasteiger partial charge in [0, 0.05) is 43.4 Å². The lowest BCUT2D eigenvalue weighted by molar-refractivity contribution is -0.143. The molecule has 0 unspecified atom stereocenters. The number of ether oxygens (including phenoxy) is 2. The molecule has 0 bridgehead atoms. The summed E-state index contributed by atoms with van der Waals surface area (Å²) in [5.41, 5.74) is 1.60. The van der Waals surface area contributed by atoms with Gasteiger partial charge in [0.15, 0.2) is 6.61 Å². The van der Waals surface area contributed by atoms with E-state index >= 15 is 0 Å². The molecule has 5 rings (SSSR count). The van der Waals surface area contributed by atoms with Gasteiger partial charge in [0.1, 0.15) is 17.6 Å². The number of nitrogens with one attached hydrogen (secondary N) is 2. The van der Waals surface area contributed by atoms with Gasteiger partial charge < -0.3 is 19.7 Å². The molecule has 10 nitrogen and oxygen atoms in total. The Morgan fingerprint density at radius 2 is 1.58 bits per heavy atom. The molecule has 1 aliphatic heterocycles. The Bertz CT molecular complexity index is 1760. The molecule has 252 valence electrons. The lowest BCUT2D eigenvalue weighted by Gasteiger charge is -2.32. The summed E-state index contributed by atoms with van der Waals surface area (Å²) in [4.78, 5) is 31.4. The summed E-state index contributed by atoms with van der Waals surface area (Å²) in [6.45, 7) is 3.59. The summed E-state index contributed by atoms with van der Waals surface area (Å²) in [5.74, 6) is -1.03. The first-order chi connectivity index (χ1) is 23.2. The van der Waals surface area contributed by atoms with Crippen LogP contribution in [0, 0.1) is 5.82 Å². The summed E-state index contributed by atoms with van der Waals surface area (Å²) in [5, 5.41) is 3.55. The maximum atomic E-state index is 13.9. The average Bonchev–Trinajstić information content (AvgIpc) is 3.10. The van der Waals surface area contributed by atoms with Crippen LogP contribution in [0.15, 0.2) is 108 Å². The fourth-order valence-corrected chi connectivity index (χ4v) is 6.34. The Kier molecular flexibility index (Phi) is 12.0. The van der Waals surface area contributed by atoms with Crippen LogP contribution in [0.4, 0.5) is 10.1 Å². The minimum Gasteiger partial charge on any atom is -0.484 e. The summed E-state index contributed by atoms with van der Waals surface area (Å²) >= 11 is 6.11. The van der Waals surface area contributed by atoms with E-state index in [2.05, 4.69) is 14.9 Å². The molecule has 1 atom stereocenters. The van der Waals surface area contributed by atoms with E-state index in [1.165, 1.54) is 41.3 Å². The molecular formula is C35H36ClFN4O6S. The lowest BCUT2D eigenvalue weighted by atomic mass is 10.0. The fraction of sp³-hybridized carbons (Fsp3) is 0.257. The second-order valence-electron chi connectivity index (χ2n) is 11.1. The molecule has 1 saturated heterocycles. The maximum absolute atomic E-state index is 13.9. The Morgan fingerprint density at radius 3 is 2.25 bits per heavy atom. The number of hydrogen-bond acceptors (Lipinski definition) is 7. The number of benzene rings is 4. The van der Waals surface area contributed by atoms with Gasteiger partial charge in [-0.2, -0.15) is 0 Å². The zero-order valence-corrected chi connectivity index (χ0v) is 27.6. The van der Waals surface area contributed by atoms with Crippen molar-refractivity contribution in [2.45, 2.75) is 17.5 Å². The van der Waals surface area contributed by atoms with Gasteiger partial charge in [0.05, 0.1) is 18.1 Å². The molecule has 0 aliphatic carbocycles. The molecule has 1 fully saturated rings. The summed E-state index contributed by atoms with van der Waals surface area (Å²) < 4.78 is 52.5. The minimum absolute atomic E-state index is 0.0484. The van der Waals surface area contributed by atoms with E-state index in [1.54, 1.807) is 36.4 Å². The average molecular weight is 695 g/mol. The monoisotopic (exact) mass is 694 g/mol. The number of nitrogens with zero attached hydrogens (tertiary/aromatic N) is 2. The van der Waals surface area contributed by atoms with Crippen molar-refractivity contribution in [2.24, 2.45) is 0 Å². The van der Waals surface area contributed by atoms with Gasteiger partial charge in [0.2, 0.25) is 5.91 Å². The van der Waals surface area contributed by atoms with Crippen LogP contribution in [-0.2, 0) is 30.9 Å². The Morgan fingerprint density at radius 1 is 0.917 bits per heavy atom. The topological polar surface area (TPSA) is 117 Å². The Balaban J connectivity index is 1.31. The Labute approximate surface area is 284 Å². The van der Waals surface area contributed by atoms with E-state index in [1.807, 2.05) is 18.2 Å². The second-order valence-corrected chi connectivity index (χ2v) is 13.2. The molecule has 4 aromatic rings. The molecule has 13 heteroatoms. The third-order valence-electron chi connectivity index (χ3n) is 7.69. The van der Waals surface area contributed by atoms with Gasteiger partial charge in [-0.3, -0.25) is 19.2 Å². The van der Waals surface area contributed by atoms with Crippen molar-refractivity contribution in [3.05, 3.63) is 125 Å². The number of hydrogen-bond donors (Lipinski definition) is 2. The molecule has 2 amide bonds.